The van der Waals surface area contributed by atoms with Crippen LogP contribution < -0.4 is 5.32 Å². The number of nitrogens with zero attached hydrogens (tertiary/aromatic N) is 1. The molecule has 2 saturated heterocycles. The molecule has 1 amide bonds. The molecule has 0 radical (unpaired) electrons. The molecule has 1 saturated carbocycles. The maximum Gasteiger partial charge on any atom is 0.239 e. The largest absolute Gasteiger partial charge is 0.370 e. The number of hydrogen-bond donors (Lipinski definition) is 1. The molecule has 2 unspecified atom stereocenters. The third-order valence-corrected chi connectivity index (χ3v) is 5.29. The van der Waals surface area contributed by atoms with Crippen molar-refractivity contribution in [2.24, 2.45) is 0 Å². The van der Waals surface area contributed by atoms with Crippen molar-refractivity contribution in [3.63, 3.8) is 0 Å². The van der Waals surface area contributed by atoms with E-state index in [4.69, 9.17) is 4.74 Å². The molecule has 1 spiro atoms. The van der Waals surface area contributed by atoms with Gasteiger partial charge in [0.2, 0.25) is 5.91 Å². The molecular formula is C16H28N2O2. The monoisotopic (exact) mass is 280 g/mol. The van der Waals surface area contributed by atoms with Gasteiger partial charge in [0.15, 0.2) is 0 Å². The van der Waals surface area contributed by atoms with Crippen LogP contribution in [0.3, 0.4) is 0 Å². The summed E-state index contributed by atoms with van der Waals surface area (Å²) in [6, 6.07) is -0.0724. The lowest BCUT2D eigenvalue weighted by molar-refractivity contribution is -0.132. The minimum atomic E-state index is -0.0724. The van der Waals surface area contributed by atoms with Crippen molar-refractivity contribution in [1.82, 2.24) is 10.2 Å². The van der Waals surface area contributed by atoms with Crippen LogP contribution in [0.4, 0.5) is 0 Å². The Labute approximate surface area is 122 Å². The highest BCUT2D eigenvalue weighted by Crippen LogP contribution is 2.43. The maximum atomic E-state index is 12.2. The number of ether oxygens (including phenoxy) is 1. The molecule has 0 aromatic carbocycles. The highest BCUT2D eigenvalue weighted by Gasteiger charge is 2.42. The molecule has 2 aliphatic heterocycles. The van der Waals surface area contributed by atoms with Crippen LogP contribution in [-0.2, 0) is 9.53 Å². The van der Waals surface area contributed by atoms with Gasteiger partial charge in [-0.25, -0.2) is 0 Å². The quantitative estimate of drug-likeness (QED) is 0.857. The number of likely N-dealkylation sites (tertiary alicyclic amines) is 1. The van der Waals surface area contributed by atoms with Crippen LogP contribution in [0.5, 0.6) is 0 Å². The van der Waals surface area contributed by atoms with Gasteiger partial charge in [0.1, 0.15) is 0 Å². The second-order valence-corrected chi connectivity index (χ2v) is 6.83. The van der Waals surface area contributed by atoms with Gasteiger partial charge >= 0.3 is 0 Å². The third-order valence-electron chi connectivity index (χ3n) is 5.29. The van der Waals surface area contributed by atoms with Crippen LogP contribution in [0.2, 0.25) is 0 Å². The molecule has 20 heavy (non-hydrogen) atoms. The second-order valence-electron chi connectivity index (χ2n) is 6.83. The predicted molar refractivity (Wildman–Crippen MR) is 78.6 cm³/mol. The molecular weight excluding hydrogens is 252 g/mol. The Balaban J connectivity index is 1.42. The highest BCUT2D eigenvalue weighted by atomic mass is 16.5. The minimum Gasteiger partial charge on any atom is -0.370 e. The van der Waals surface area contributed by atoms with Gasteiger partial charge in [-0.05, 0) is 45.4 Å². The first kappa shape index (κ1) is 14.3. The Kier molecular flexibility index (Phi) is 4.32. The zero-order valence-corrected chi connectivity index (χ0v) is 12.7. The summed E-state index contributed by atoms with van der Waals surface area (Å²) in [6.07, 6.45) is 10.1. The van der Waals surface area contributed by atoms with Crippen LogP contribution in [0.25, 0.3) is 0 Å². The standard InChI is InChI=1S/C16H28N2O2/c1-13(15(19)18-10-4-5-11-18)17-12-14-6-9-16(20-14)7-2-3-8-16/h13-14,17H,2-12H2,1H3. The lowest BCUT2D eigenvalue weighted by atomic mass is 9.98. The van der Waals surface area contributed by atoms with Gasteiger partial charge in [-0.15, -0.1) is 0 Å². The van der Waals surface area contributed by atoms with Crippen molar-refractivity contribution in [2.45, 2.75) is 76.0 Å². The lowest BCUT2D eigenvalue weighted by Crippen LogP contribution is -2.46. The fourth-order valence-electron chi connectivity index (χ4n) is 4.03. The van der Waals surface area contributed by atoms with E-state index >= 15 is 0 Å². The smallest absolute Gasteiger partial charge is 0.239 e. The Bertz CT molecular complexity index is 346. The van der Waals surface area contributed by atoms with Gasteiger partial charge in [-0.3, -0.25) is 4.79 Å². The normalized spacial score (nSPS) is 30.2. The van der Waals surface area contributed by atoms with Crippen molar-refractivity contribution < 1.29 is 9.53 Å². The second kappa shape index (κ2) is 6.02. The average Bonchev–Trinajstić information content (AvgIpc) is 3.19. The Morgan fingerprint density at radius 3 is 2.65 bits per heavy atom. The van der Waals surface area contributed by atoms with Crippen molar-refractivity contribution in [1.29, 1.82) is 0 Å². The van der Waals surface area contributed by atoms with Crippen molar-refractivity contribution in [3.05, 3.63) is 0 Å². The van der Waals surface area contributed by atoms with E-state index in [1.54, 1.807) is 0 Å². The molecule has 4 nitrogen and oxygen atoms in total. The summed E-state index contributed by atoms with van der Waals surface area (Å²) >= 11 is 0. The first-order chi connectivity index (χ1) is 9.69. The molecule has 2 atom stereocenters. The summed E-state index contributed by atoms with van der Waals surface area (Å²) in [4.78, 5) is 14.2. The summed E-state index contributed by atoms with van der Waals surface area (Å²) in [5.74, 6) is 0.260. The van der Waals surface area contributed by atoms with Crippen molar-refractivity contribution >= 4 is 5.91 Å². The predicted octanol–water partition coefficient (Wildman–Crippen LogP) is 2.08. The molecule has 3 rings (SSSR count). The summed E-state index contributed by atoms with van der Waals surface area (Å²) in [5, 5.41) is 3.39. The van der Waals surface area contributed by atoms with Crippen LogP contribution in [0.1, 0.15) is 58.3 Å². The average molecular weight is 280 g/mol. The van der Waals surface area contributed by atoms with Gasteiger partial charge in [0.05, 0.1) is 17.7 Å². The molecule has 4 heteroatoms. The van der Waals surface area contributed by atoms with Gasteiger partial charge in [-0.1, -0.05) is 12.8 Å². The van der Waals surface area contributed by atoms with Gasteiger partial charge < -0.3 is 15.0 Å². The highest BCUT2D eigenvalue weighted by molar-refractivity contribution is 5.81. The number of nitrogens with one attached hydrogen (secondary N) is 1. The van der Waals surface area contributed by atoms with E-state index in [0.29, 0.717) is 6.10 Å². The molecule has 0 bridgehead atoms. The van der Waals surface area contributed by atoms with Crippen LogP contribution in [0.15, 0.2) is 0 Å². The fraction of sp³-hybridized carbons (Fsp3) is 0.938. The van der Waals surface area contributed by atoms with E-state index in [1.807, 2.05) is 11.8 Å². The minimum absolute atomic E-state index is 0.0724. The van der Waals surface area contributed by atoms with Crippen LogP contribution in [0, 0.1) is 0 Å². The summed E-state index contributed by atoms with van der Waals surface area (Å²) in [5.41, 5.74) is 0.203. The Morgan fingerprint density at radius 1 is 1.25 bits per heavy atom. The van der Waals surface area contributed by atoms with Crippen molar-refractivity contribution in [3.8, 4) is 0 Å². The number of amides is 1. The zero-order chi connectivity index (χ0) is 14.0. The van der Waals surface area contributed by atoms with Gasteiger partial charge in [-0.2, -0.15) is 0 Å². The first-order valence-corrected chi connectivity index (χ1v) is 8.39. The maximum absolute atomic E-state index is 12.2. The van der Waals surface area contributed by atoms with E-state index in [9.17, 15) is 4.79 Å². The first-order valence-electron chi connectivity index (χ1n) is 8.39. The molecule has 2 heterocycles. The van der Waals surface area contributed by atoms with Crippen molar-refractivity contribution in [2.75, 3.05) is 19.6 Å². The van der Waals surface area contributed by atoms with E-state index in [1.165, 1.54) is 32.1 Å². The van der Waals surface area contributed by atoms with E-state index in [-0.39, 0.29) is 17.6 Å². The van der Waals surface area contributed by atoms with Crippen LogP contribution >= 0.6 is 0 Å². The lowest BCUT2D eigenvalue weighted by Gasteiger charge is -2.25. The molecule has 1 aliphatic carbocycles. The van der Waals surface area contributed by atoms with Crippen LogP contribution in [-0.4, -0.2) is 48.2 Å². The fourth-order valence-corrected chi connectivity index (χ4v) is 4.03. The topological polar surface area (TPSA) is 41.6 Å². The number of rotatable bonds is 4. The summed E-state index contributed by atoms with van der Waals surface area (Å²) in [7, 11) is 0. The van der Waals surface area contributed by atoms with E-state index in [2.05, 4.69) is 5.32 Å². The van der Waals surface area contributed by atoms with Gasteiger partial charge in [0.25, 0.3) is 0 Å². The number of carbonyl (C=O) groups excluding carboxylic acids is 1. The zero-order valence-electron chi connectivity index (χ0n) is 12.7. The third kappa shape index (κ3) is 3.01. The number of hydrogen-bond acceptors (Lipinski definition) is 3. The molecule has 0 aromatic heterocycles. The number of carbonyl (C=O) groups is 1. The Hall–Kier alpha value is -0.610. The summed E-state index contributed by atoms with van der Waals surface area (Å²) in [6.45, 7) is 4.69. The molecule has 3 aliphatic rings. The van der Waals surface area contributed by atoms with E-state index in [0.717, 1.165) is 38.9 Å². The van der Waals surface area contributed by atoms with E-state index < -0.39 is 0 Å². The Morgan fingerprint density at radius 2 is 1.95 bits per heavy atom. The molecule has 3 fully saturated rings. The molecule has 0 aromatic rings. The van der Waals surface area contributed by atoms with Gasteiger partial charge in [0, 0.05) is 19.6 Å². The SMILES string of the molecule is CC(NCC1CCC2(CCCC2)O1)C(=O)N1CCCC1. The molecule has 114 valence electrons. The summed E-state index contributed by atoms with van der Waals surface area (Å²) < 4.78 is 6.28. The molecule has 1 N–H and O–H groups in total.